The number of hydrogen-bond donors (Lipinski definition) is 2. The minimum Gasteiger partial charge on any atom is -0.497 e. The predicted molar refractivity (Wildman–Crippen MR) is 97.4 cm³/mol. The number of hydrogen-bond acceptors (Lipinski definition) is 4. The molecule has 6 nitrogen and oxygen atoms in total. The normalized spacial score (nSPS) is 10.2. The van der Waals surface area contributed by atoms with E-state index in [0.717, 1.165) is 16.9 Å². The fraction of sp³-hybridized carbons (Fsp3) is 0.300. The molecule has 0 aliphatic heterocycles. The third-order valence-corrected chi connectivity index (χ3v) is 3.72. The van der Waals surface area contributed by atoms with Gasteiger partial charge in [0.05, 0.1) is 20.1 Å². The molecule has 0 atom stereocenters. The van der Waals surface area contributed by atoms with Crippen LogP contribution < -0.4 is 14.8 Å². The molecule has 0 saturated heterocycles. The monoisotopic (exact) mass is 357 g/mol. The van der Waals surface area contributed by atoms with Crippen LogP contribution in [0.3, 0.4) is 0 Å². The van der Waals surface area contributed by atoms with Gasteiger partial charge in [-0.15, -0.1) is 0 Å². The highest BCUT2D eigenvalue weighted by atomic mass is 16.5. The number of ether oxygens (including phenoxy) is 2. The second-order valence-corrected chi connectivity index (χ2v) is 5.79. The van der Waals surface area contributed by atoms with Crippen LogP contribution in [0.2, 0.25) is 0 Å². The Kier molecular flexibility index (Phi) is 7.49. The third kappa shape index (κ3) is 6.84. The van der Waals surface area contributed by atoms with Crippen molar-refractivity contribution in [2.45, 2.75) is 25.8 Å². The lowest BCUT2D eigenvalue weighted by atomic mass is 10.1. The van der Waals surface area contributed by atoms with Gasteiger partial charge in [-0.3, -0.25) is 9.59 Å². The van der Waals surface area contributed by atoms with Crippen LogP contribution in [0.5, 0.6) is 11.5 Å². The lowest BCUT2D eigenvalue weighted by molar-refractivity contribution is -0.137. The Labute approximate surface area is 152 Å². The zero-order valence-corrected chi connectivity index (χ0v) is 14.7. The number of carboxylic acids is 1. The van der Waals surface area contributed by atoms with Crippen LogP contribution in [-0.4, -0.2) is 30.7 Å². The predicted octanol–water partition coefficient (Wildman–Crippen LogP) is 2.80. The van der Waals surface area contributed by atoms with Gasteiger partial charge in [0.15, 0.2) is 0 Å². The van der Waals surface area contributed by atoms with Gasteiger partial charge in [-0.05, 0) is 41.8 Å². The van der Waals surface area contributed by atoms with Gasteiger partial charge in [0.2, 0.25) is 5.91 Å². The fourth-order valence-corrected chi connectivity index (χ4v) is 2.35. The number of amides is 1. The summed E-state index contributed by atoms with van der Waals surface area (Å²) in [6, 6.07) is 14.8. The van der Waals surface area contributed by atoms with Gasteiger partial charge in [-0.1, -0.05) is 24.3 Å². The molecule has 2 aromatic carbocycles. The lowest BCUT2D eigenvalue weighted by Crippen LogP contribution is -2.24. The molecule has 1 amide bonds. The summed E-state index contributed by atoms with van der Waals surface area (Å²) in [5.41, 5.74) is 1.86. The zero-order chi connectivity index (χ0) is 18.8. The number of benzene rings is 2. The van der Waals surface area contributed by atoms with E-state index in [1.54, 1.807) is 7.11 Å². The molecule has 0 aliphatic carbocycles. The smallest absolute Gasteiger partial charge is 0.303 e. The van der Waals surface area contributed by atoms with E-state index < -0.39 is 5.97 Å². The van der Waals surface area contributed by atoms with Crippen molar-refractivity contribution in [1.82, 2.24) is 5.32 Å². The molecule has 2 N–H and O–H groups in total. The van der Waals surface area contributed by atoms with Crippen LogP contribution in [0, 0.1) is 0 Å². The molecule has 6 heteroatoms. The lowest BCUT2D eigenvalue weighted by Gasteiger charge is -2.08. The first-order chi connectivity index (χ1) is 12.6. The van der Waals surface area contributed by atoms with Gasteiger partial charge in [-0.2, -0.15) is 0 Å². The Balaban J connectivity index is 1.74. The number of aliphatic carboxylic acids is 1. The summed E-state index contributed by atoms with van der Waals surface area (Å²) in [6.07, 6.45) is 0.858. The van der Waals surface area contributed by atoms with Gasteiger partial charge < -0.3 is 19.9 Å². The number of nitrogens with one attached hydrogen (secondary N) is 1. The highest BCUT2D eigenvalue weighted by Gasteiger charge is 2.05. The topological polar surface area (TPSA) is 84.9 Å². The largest absolute Gasteiger partial charge is 0.497 e. The maximum atomic E-state index is 12.1. The van der Waals surface area contributed by atoms with E-state index >= 15 is 0 Å². The number of carbonyl (C=O) groups is 2. The summed E-state index contributed by atoms with van der Waals surface area (Å²) in [6.45, 7) is 0.797. The quantitative estimate of drug-likeness (QED) is 0.639. The first-order valence-electron chi connectivity index (χ1n) is 8.40. The Morgan fingerprint density at radius 1 is 1.04 bits per heavy atom. The van der Waals surface area contributed by atoms with Gasteiger partial charge in [0.1, 0.15) is 11.5 Å². The highest BCUT2D eigenvalue weighted by Crippen LogP contribution is 2.14. The van der Waals surface area contributed by atoms with E-state index in [-0.39, 0.29) is 12.3 Å². The maximum absolute atomic E-state index is 12.1. The van der Waals surface area contributed by atoms with Crippen molar-refractivity contribution in [2.75, 3.05) is 13.7 Å². The van der Waals surface area contributed by atoms with Crippen LogP contribution in [0.4, 0.5) is 0 Å². The van der Waals surface area contributed by atoms with E-state index in [4.69, 9.17) is 14.6 Å². The SMILES string of the molecule is COc1cccc(CC(=O)NCc2ccc(OCCCC(=O)O)cc2)c1. The first kappa shape index (κ1) is 19.3. The molecule has 0 heterocycles. The van der Waals surface area contributed by atoms with Gasteiger partial charge >= 0.3 is 5.97 Å². The summed E-state index contributed by atoms with van der Waals surface area (Å²) in [5, 5.41) is 11.5. The average Bonchev–Trinajstić information content (AvgIpc) is 2.64. The van der Waals surface area contributed by atoms with E-state index in [2.05, 4.69) is 5.32 Å². The molecule has 0 unspecified atom stereocenters. The fourth-order valence-electron chi connectivity index (χ4n) is 2.35. The van der Waals surface area contributed by atoms with Crippen molar-refractivity contribution >= 4 is 11.9 Å². The Hall–Kier alpha value is -3.02. The standard InChI is InChI=1S/C20H23NO5/c1-25-18-5-2-4-16(12-18)13-19(22)21-14-15-7-9-17(10-8-15)26-11-3-6-20(23)24/h2,4-5,7-10,12H,3,6,11,13-14H2,1H3,(H,21,22)(H,23,24). The molecule has 2 rings (SSSR count). The van der Waals surface area contributed by atoms with E-state index in [1.807, 2.05) is 48.5 Å². The average molecular weight is 357 g/mol. The summed E-state index contributed by atoms with van der Waals surface area (Å²) in [5.74, 6) is 0.525. The van der Waals surface area contributed by atoms with Crippen LogP contribution in [0.1, 0.15) is 24.0 Å². The molecule has 2 aromatic rings. The van der Waals surface area contributed by atoms with Crippen LogP contribution in [0.25, 0.3) is 0 Å². The van der Waals surface area contributed by atoms with Crippen molar-refractivity contribution in [3.05, 3.63) is 59.7 Å². The van der Waals surface area contributed by atoms with Crippen molar-refractivity contribution in [3.63, 3.8) is 0 Å². The van der Waals surface area contributed by atoms with E-state index in [0.29, 0.717) is 31.7 Å². The van der Waals surface area contributed by atoms with Crippen LogP contribution in [0.15, 0.2) is 48.5 Å². The Morgan fingerprint density at radius 3 is 2.50 bits per heavy atom. The zero-order valence-electron chi connectivity index (χ0n) is 14.7. The maximum Gasteiger partial charge on any atom is 0.303 e. The second kappa shape index (κ2) is 10.1. The van der Waals surface area contributed by atoms with E-state index in [9.17, 15) is 9.59 Å². The van der Waals surface area contributed by atoms with Crippen molar-refractivity contribution < 1.29 is 24.2 Å². The molecule has 0 saturated carbocycles. The molecule has 0 radical (unpaired) electrons. The van der Waals surface area contributed by atoms with Crippen LogP contribution in [-0.2, 0) is 22.6 Å². The number of carboxylic acid groups (broad SMARTS) is 1. The third-order valence-electron chi connectivity index (χ3n) is 3.72. The summed E-state index contributed by atoms with van der Waals surface area (Å²) >= 11 is 0. The van der Waals surface area contributed by atoms with Crippen molar-refractivity contribution in [3.8, 4) is 11.5 Å². The second-order valence-electron chi connectivity index (χ2n) is 5.79. The van der Waals surface area contributed by atoms with Gasteiger partial charge in [0.25, 0.3) is 0 Å². The molecular formula is C20H23NO5. The molecular weight excluding hydrogens is 334 g/mol. The molecule has 0 bridgehead atoms. The minimum absolute atomic E-state index is 0.0627. The number of carbonyl (C=O) groups excluding carboxylic acids is 1. The summed E-state index contributed by atoms with van der Waals surface area (Å²) < 4.78 is 10.6. The molecule has 0 spiro atoms. The highest BCUT2D eigenvalue weighted by molar-refractivity contribution is 5.78. The molecule has 0 aromatic heterocycles. The van der Waals surface area contributed by atoms with Gasteiger partial charge in [-0.25, -0.2) is 0 Å². The number of rotatable bonds is 10. The first-order valence-corrected chi connectivity index (χ1v) is 8.40. The van der Waals surface area contributed by atoms with E-state index in [1.165, 1.54) is 0 Å². The molecule has 138 valence electrons. The Bertz CT molecular complexity index is 727. The molecule has 26 heavy (non-hydrogen) atoms. The minimum atomic E-state index is -0.825. The summed E-state index contributed by atoms with van der Waals surface area (Å²) in [4.78, 5) is 22.5. The molecule has 0 aliphatic rings. The summed E-state index contributed by atoms with van der Waals surface area (Å²) in [7, 11) is 1.60. The number of methoxy groups -OCH3 is 1. The Morgan fingerprint density at radius 2 is 1.81 bits per heavy atom. The molecule has 0 fully saturated rings. The van der Waals surface area contributed by atoms with Crippen molar-refractivity contribution in [2.24, 2.45) is 0 Å². The van der Waals surface area contributed by atoms with Crippen molar-refractivity contribution in [1.29, 1.82) is 0 Å². The van der Waals surface area contributed by atoms with Gasteiger partial charge in [0, 0.05) is 13.0 Å². The van der Waals surface area contributed by atoms with Crippen LogP contribution >= 0.6 is 0 Å².